The lowest BCUT2D eigenvalue weighted by molar-refractivity contribution is 0.196. The van der Waals surface area contributed by atoms with Crippen molar-refractivity contribution in [3.05, 3.63) is 64.7 Å². The zero-order valence-corrected chi connectivity index (χ0v) is 16.5. The van der Waals surface area contributed by atoms with Gasteiger partial charge in [0.2, 0.25) is 0 Å². The van der Waals surface area contributed by atoms with Crippen LogP contribution in [0.2, 0.25) is 5.02 Å². The molecule has 28 heavy (non-hydrogen) atoms. The Morgan fingerprint density at radius 1 is 1.18 bits per heavy atom. The summed E-state index contributed by atoms with van der Waals surface area (Å²) < 4.78 is 0. The summed E-state index contributed by atoms with van der Waals surface area (Å²) in [5.41, 5.74) is 10.1. The summed E-state index contributed by atoms with van der Waals surface area (Å²) in [5, 5.41) is 14.8. The van der Waals surface area contributed by atoms with Gasteiger partial charge in [-0.25, -0.2) is 4.98 Å². The summed E-state index contributed by atoms with van der Waals surface area (Å²) in [6.07, 6.45) is 1.58. The van der Waals surface area contributed by atoms with Crippen LogP contribution in [0.1, 0.15) is 17.5 Å². The molecule has 1 atom stereocenters. The Labute approximate surface area is 170 Å². The Hall–Kier alpha value is -2.34. The van der Waals surface area contributed by atoms with E-state index in [4.69, 9.17) is 22.3 Å². The Bertz CT molecular complexity index is 978. The van der Waals surface area contributed by atoms with Crippen molar-refractivity contribution >= 4 is 34.0 Å². The predicted octanol–water partition coefficient (Wildman–Crippen LogP) is 3.57. The van der Waals surface area contributed by atoms with Crippen molar-refractivity contribution in [1.29, 1.82) is 0 Å². The minimum Gasteiger partial charge on any atom is -0.390 e. The van der Waals surface area contributed by atoms with Gasteiger partial charge in [-0.1, -0.05) is 35.9 Å². The second-order valence-electron chi connectivity index (χ2n) is 7.25. The maximum absolute atomic E-state index is 9.87. The number of nitrogens with two attached hydrogens (primary N) is 1. The van der Waals surface area contributed by atoms with Gasteiger partial charge in [-0.15, -0.1) is 0 Å². The van der Waals surface area contributed by atoms with Crippen molar-refractivity contribution in [3.8, 4) is 0 Å². The molecular formula is C22H25ClN4O. The van der Waals surface area contributed by atoms with E-state index in [9.17, 15) is 5.11 Å². The molecule has 1 aliphatic rings. The number of hydrogen-bond acceptors (Lipinski definition) is 5. The van der Waals surface area contributed by atoms with Crippen LogP contribution in [0.5, 0.6) is 0 Å². The number of rotatable bonds is 5. The number of aromatic nitrogens is 1. The number of aliphatic hydroxyl groups is 1. The summed E-state index contributed by atoms with van der Waals surface area (Å²) >= 11 is 6.21. The van der Waals surface area contributed by atoms with Gasteiger partial charge in [-0.3, -0.25) is 0 Å². The number of fused-ring (bicyclic) bond motifs is 2. The molecule has 4 N–H and O–H groups in total. The average Bonchev–Trinajstić information content (AvgIpc) is 2.94. The molecule has 0 fully saturated rings. The van der Waals surface area contributed by atoms with Gasteiger partial charge in [0.1, 0.15) is 5.82 Å². The number of hydrogen-bond donors (Lipinski definition) is 3. The highest BCUT2D eigenvalue weighted by atomic mass is 35.5. The summed E-state index contributed by atoms with van der Waals surface area (Å²) in [6.45, 7) is 2.38. The fraction of sp³-hybridized carbons (Fsp3) is 0.318. The number of anilines is 2. The summed E-state index contributed by atoms with van der Waals surface area (Å²) in [5.74, 6) is 0.927. The second kappa shape index (κ2) is 8.35. The maximum Gasteiger partial charge on any atom is 0.131 e. The van der Waals surface area contributed by atoms with Crippen molar-refractivity contribution in [2.24, 2.45) is 5.73 Å². The molecule has 4 rings (SSSR count). The highest BCUT2D eigenvalue weighted by Gasteiger charge is 2.17. The van der Waals surface area contributed by atoms with E-state index in [-0.39, 0.29) is 6.54 Å². The van der Waals surface area contributed by atoms with E-state index >= 15 is 0 Å². The quantitative estimate of drug-likeness (QED) is 0.614. The Balaban J connectivity index is 1.71. The van der Waals surface area contributed by atoms with Crippen LogP contribution >= 0.6 is 11.6 Å². The van der Waals surface area contributed by atoms with Gasteiger partial charge in [0.05, 0.1) is 11.6 Å². The molecule has 0 saturated heterocycles. The predicted molar refractivity (Wildman–Crippen MR) is 116 cm³/mol. The normalized spacial score (nSPS) is 15.2. The largest absolute Gasteiger partial charge is 0.390 e. The lowest BCUT2D eigenvalue weighted by Crippen LogP contribution is -2.28. The summed E-state index contributed by atoms with van der Waals surface area (Å²) in [6, 6.07) is 16.4. The van der Waals surface area contributed by atoms with Crippen LogP contribution in [-0.2, 0) is 13.0 Å². The van der Waals surface area contributed by atoms with E-state index in [1.54, 1.807) is 0 Å². The molecule has 2 aromatic carbocycles. The van der Waals surface area contributed by atoms with Crippen molar-refractivity contribution in [2.75, 3.05) is 29.9 Å². The van der Waals surface area contributed by atoms with Gasteiger partial charge < -0.3 is 21.1 Å². The molecule has 5 nitrogen and oxygen atoms in total. The Morgan fingerprint density at radius 2 is 2.00 bits per heavy atom. The van der Waals surface area contributed by atoms with Crippen molar-refractivity contribution in [3.63, 3.8) is 0 Å². The van der Waals surface area contributed by atoms with Gasteiger partial charge >= 0.3 is 0 Å². The summed E-state index contributed by atoms with van der Waals surface area (Å²) in [4.78, 5) is 7.23. The van der Waals surface area contributed by atoms with Crippen LogP contribution in [0.15, 0.2) is 48.5 Å². The number of nitrogens with zero attached hydrogens (tertiary/aromatic N) is 2. The molecule has 6 heteroatoms. The van der Waals surface area contributed by atoms with Gasteiger partial charge in [0.15, 0.2) is 0 Å². The first-order valence-corrected chi connectivity index (χ1v) is 10.1. The zero-order valence-electron chi connectivity index (χ0n) is 15.7. The first-order chi connectivity index (χ1) is 13.6. The monoisotopic (exact) mass is 396 g/mol. The highest BCUT2D eigenvalue weighted by molar-refractivity contribution is 6.31. The molecule has 0 bridgehead atoms. The molecular weight excluding hydrogens is 372 g/mol. The number of pyridine rings is 1. The third kappa shape index (κ3) is 4.07. The minimum atomic E-state index is -0.601. The molecule has 1 unspecified atom stereocenters. The van der Waals surface area contributed by atoms with E-state index in [1.165, 1.54) is 11.1 Å². The Morgan fingerprint density at radius 3 is 2.82 bits per heavy atom. The van der Waals surface area contributed by atoms with Crippen LogP contribution in [-0.4, -0.2) is 35.8 Å². The number of benzene rings is 2. The lowest BCUT2D eigenvalue weighted by atomic mass is 10.0. The standard InChI is InChI=1S/C22H25ClN4O/c23-17-7-8-20-19(10-17)21(25-13-18(28)12-24)11-22(26-20)27-9-3-6-15-4-1-2-5-16(15)14-27/h1-2,4-5,7-8,10-11,18,28H,3,6,9,12-14,24H2,(H,25,26). The first-order valence-electron chi connectivity index (χ1n) is 9.68. The van der Waals surface area contributed by atoms with Crippen molar-refractivity contribution in [1.82, 2.24) is 4.98 Å². The SMILES string of the molecule is NCC(O)CNc1cc(N2CCCc3ccccc3C2)nc2ccc(Cl)cc12. The van der Waals surface area contributed by atoms with Gasteiger partial charge in [0.25, 0.3) is 0 Å². The Kier molecular flexibility index (Phi) is 5.67. The third-order valence-electron chi connectivity index (χ3n) is 5.24. The average molecular weight is 397 g/mol. The van der Waals surface area contributed by atoms with E-state index in [0.29, 0.717) is 11.6 Å². The van der Waals surface area contributed by atoms with Crippen LogP contribution in [0, 0.1) is 0 Å². The molecule has 0 radical (unpaired) electrons. The van der Waals surface area contributed by atoms with E-state index in [2.05, 4.69) is 40.5 Å². The number of aliphatic hydroxyl groups excluding tert-OH is 1. The molecule has 0 saturated carbocycles. The topological polar surface area (TPSA) is 74.4 Å². The molecule has 0 spiro atoms. The van der Waals surface area contributed by atoms with Gasteiger partial charge in [-0.2, -0.15) is 0 Å². The molecule has 1 aromatic heterocycles. The van der Waals surface area contributed by atoms with E-state index < -0.39 is 6.10 Å². The van der Waals surface area contributed by atoms with Crippen LogP contribution in [0.25, 0.3) is 10.9 Å². The molecule has 146 valence electrons. The van der Waals surface area contributed by atoms with Crippen LogP contribution in [0.4, 0.5) is 11.5 Å². The fourth-order valence-electron chi connectivity index (χ4n) is 3.70. The molecule has 0 amide bonds. The molecule has 0 aliphatic carbocycles. The van der Waals surface area contributed by atoms with Crippen LogP contribution < -0.4 is 16.0 Å². The van der Waals surface area contributed by atoms with E-state index in [1.807, 2.05) is 18.2 Å². The van der Waals surface area contributed by atoms with E-state index in [0.717, 1.165) is 48.3 Å². The molecule has 1 aliphatic heterocycles. The zero-order chi connectivity index (χ0) is 19.5. The number of nitrogens with one attached hydrogen (secondary N) is 1. The lowest BCUT2D eigenvalue weighted by Gasteiger charge is -2.24. The molecule has 3 aromatic rings. The van der Waals surface area contributed by atoms with Crippen molar-refractivity contribution < 1.29 is 5.11 Å². The highest BCUT2D eigenvalue weighted by Crippen LogP contribution is 2.31. The summed E-state index contributed by atoms with van der Waals surface area (Å²) in [7, 11) is 0. The van der Waals surface area contributed by atoms with Crippen LogP contribution in [0.3, 0.4) is 0 Å². The third-order valence-corrected chi connectivity index (χ3v) is 5.47. The van der Waals surface area contributed by atoms with Gasteiger partial charge in [0, 0.05) is 48.3 Å². The maximum atomic E-state index is 9.87. The fourth-order valence-corrected chi connectivity index (χ4v) is 3.87. The van der Waals surface area contributed by atoms with Crippen molar-refractivity contribution in [2.45, 2.75) is 25.5 Å². The molecule has 2 heterocycles. The number of halogens is 1. The minimum absolute atomic E-state index is 0.215. The number of aryl methyl sites for hydroxylation is 1. The smallest absolute Gasteiger partial charge is 0.131 e. The van der Waals surface area contributed by atoms with Gasteiger partial charge in [-0.05, 0) is 42.2 Å². The first kappa shape index (κ1) is 19.0. The second-order valence-corrected chi connectivity index (χ2v) is 7.69.